The lowest BCUT2D eigenvalue weighted by atomic mass is 10.1. The highest BCUT2D eigenvalue weighted by Gasteiger charge is 2.18. The van der Waals surface area contributed by atoms with Crippen molar-refractivity contribution in [1.29, 1.82) is 0 Å². The lowest BCUT2D eigenvalue weighted by Gasteiger charge is -2.18. The number of benzene rings is 2. The van der Waals surface area contributed by atoms with Gasteiger partial charge in [-0.1, -0.05) is 29.3 Å². The zero-order valence-corrected chi connectivity index (χ0v) is 15.3. The number of nitrogens with one attached hydrogen (secondary N) is 1. The van der Waals surface area contributed by atoms with Gasteiger partial charge in [-0.3, -0.25) is 4.79 Å². The molecule has 0 saturated heterocycles. The van der Waals surface area contributed by atoms with E-state index in [-0.39, 0.29) is 5.91 Å². The van der Waals surface area contributed by atoms with Crippen molar-refractivity contribution in [1.82, 2.24) is 0 Å². The third-order valence-corrected chi connectivity index (χ3v) is 4.15. The molecule has 0 fully saturated rings. The number of aryl methyl sites for hydroxylation is 3. The minimum atomic E-state index is -0.646. The molecule has 5 heteroatoms. The molecule has 2 aromatic rings. The van der Waals surface area contributed by atoms with Crippen LogP contribution in [0, 0.1) is 20.8 Å². The van der Waals surface area contributed by atoms with Crippen LogP contribution in [-0.2, 0) is 4.79 Å². The van der Waals surface area contributed by atoms with Crippen LogP contribution in [0.2, 0.25) is 5.02 Å². The molecule has 4 nitrogen and oxygen atoms in total. The summed E-state index contributed by atoms with van der Waals surface area (Å²) < 4.78 is 11.1. The van der Waals surface area contributed by atoms with Crippen molar-refractivity contribution in [3.8, 4) is 11.5 Å². The molecule has 0 bridgehead atoms. The van der Waals surface area contributed by atoms with Crippen molar-refractivity contribution in [3.05, 3.63) is 52.0 Å². The van der Waals surface area contributed by atoms with Crippen LogP contribution in [0.5, 0.6) is 11.5 Å². The van der Waals surface area contributed by atoms with Gasteiger partial charge in [0, 0.05) is 11.1 Å². The topological polar surface area (TPSA) is 47.6 Å². The van der Waals surface area contributed by atoms with E-state index in [1.54, 1.807) is 19.1 Å². The molecule has 24 heavy (non-hydrogen) atoms. The van der Waals surface area contributed by atoms with E-state index in [0.29, 0.717) is 22.2 Å². The normalized spacial score (nSPS) is 11.8. The first kappa shape index (κ1) is 18.1. The molecule has 128 valence electrons. The molecule has 0 spiro atoms. The fourth-order valence-electron chi connectivity index (χ4n) is 2.34. The molecular formula is C19H22ClNO3. The van der Waals surface area contributed by atoms with Crippen molar-refractivity contribution in [3.63, 3.8) is 0 Å². The van der Waals surface area contributed by atoms with Crippen LogP contribution in [0.3, 0.4) is 0 Å². The summed E-state index contributed by atoms with van der Waals surface area (Å²) >= 11 is 6.08. The summed E-state index contributed by atoms with van der Waals surface area (Å²) in [5.74, 6) is 0.954. The van der Waals surface area contributed by atoms with Crippen LogP contribution in [0.4, 0.5) is 5.69 Å². The summed E-state index contributed by atoms with van der Waals surface area (Å²) in [4.78, 5) is 12.4. The van der Waals surface area contributed by atoms with Crippen LogP contribution in [0.15, 0.2) is 30.3 Å². The van der Waals surface area contributed by atoms with E-state index in [0.717, 1.165) is 16.7 Å². The van der Waals surface area contributed by atoms with Crippen molar-refractivity contribution < 1.29 is 14.3 Å². The highest BCUT2D eigenvalue weighted by atomic mass is 35.5. The number of methoxy groups -OCH3 is 1. The van der Waals surface area contributed by atoms with Gasteiger partial charge in [0.2, 0.25) is 0 Å². The number of carbonyl (C=O) groups is 1. The Morgan fingerprint density at radius 2 is 1.79 bits per heavy atom. The molecule has 0 aliphatic rings. The Labute approximate surface area is 147 Å². The maximum atomic E-state index is 12.4. The number of amides is 1. The average molecular weight is 348 g/mol. The number of anilines is 1. The Hall–Kier alpha value is -2.20. The molecule has 0 aromatic heterocycles. The molecule has 1 unspecified atom stereocenters. The Bertz CT molecular complexity index is 759. The second-order valence-corrected chi connectivity index (χ2v) is 6.23. The van der Waals surface area contributed by atoms with Crippen LogP contribution in [-0.4, -0.2) is 19.1 Å². The highest BCUT2D eigenvalue weighted by molar-refractivity contribution is 6.31. The smallest absolute Gasteiger partial charge is 0.265 e. The summed E-state index contributed by atoms with van der Waals surface area (Å²) in [6, 6.07) is 9.32. The van der Waals surface area contributed by atoms with Gasteiger partial charge in [-0.2, -0.15) is 0 Å². The third-order valence-electron chi connectivity index (χ3n) is 3.74. The number of hydrogen-bond donors (Lipinski definition) is 1. The fraction of sp³-hybridized carbons (Fsp3) is 0.316. The minimum absolute atomic E-state index is 0.255. The lowest BCUT2D eigenvalue weighted by Crippen LogP contribution is -2.30. The molecule has 2 aromatic carbocycles. The maximum Gasteiger partial charge on any atom is 0.265 e. The quantitative estimate of drug-likeness (QED) is 0.854. The highest BCUT2D eigenvalue weighted by Crippen LogP contribution is 2.31. The van der Waals surface area contributed by atoms with Gasteiger partial charge >= 0.3 is 0 Å². The second kappa shape index (κ2) is 7.58. The van der Waals surface area contributed by atoms with Crippen LogP contribution >= 0.6 is 11.6 Å². The number of carbonyl (C=O) groups excluding carboxylic acids is 1. The summed E-state index contributed by atoms with van der Waals surface area (Å²) in [5.41, 5.74) is 3.57. The summed E-state index contributed by atoms with van der Waals surface area (Å²) in [6.07, 6.45) is -0.646. The van der Waals surface area contributed by atoms with E-state index in [1.807, 2.05) is 39.0 Å². The van der Waals surface area contributed by atoms with E-state index in [9.17, 15) is 4.79 Å². The molecule has 1 N–H and O–H groups in total. The Morgan fingerprint density at radius 3 is 2.42 bits per heavy atom. The minimum Gasteiger partial charge on any atom is -0.495 e. The number of rotatable bonds is 5. The number of ether oxygens (including phenoxy) is 2. The summed E-state index contributed by atoms with van der Waals surface area (Å²) in [7, 11) is 1.53. The summed E-state index contributed by atoms with van der Waals surface area (Å²) in [6.45, 7) is 7.55. The molecule has 1 amide bonds. The zero-order chi connectivity index (χ0) is 17.9. The molecule has 0 aliphatic carbocycles. The zero-order valence-electron chi connectivity index (χ0n) is 14.6. The molecular weight excluding hydrogens is 326 g/mol. The first-order valence-electron chi connectivity index (χ1n) is 7.70. The predicted octanol–water partition coefficient (Wildman–Crippen LogP) is 4.68. The third kappa shape index (κ3) is 4.20. The van der Waals surface area contributed by atoms with Crippen molar-refractivity contribution >= 4 is 23.2 Å². The van der Waals surface area contributed by atoms with Crippen LogP contribution in [0.25, 0.3) is 0 Å². The van der Waals surface area contributed by atoms with Gasteiger partial charge in [0.15, 0.2) is 6.10 Å². The van der Waals surface area contributed by atoms with Gasteiger partial charge in [-0.05, 0) is 51.0 Å². The largest absolute Gasteiger partial charge is 0.495 e. The second-order valence-electron chi connectivity index (χ2n) is 5.82. The van der Waals surface area contributed by atoms with E-state index < -0.39 is 6.10 Å². The van der Waals surface area contributed by atoms with Crippen molar-refractivity contribution in [2.45, 2.75) is 33.8 Å². The monoisotopic (exact) mass is 347 g/mol. The Kier molecular flexibility index (Phi) is 5.73. The van der Waals surface area contributed by atoms with Crippen molar-refractivity contribution in [2.24, 2.45) is 0 Å². The first-order chi connectivity index (χ1) is 11.3. The van der Waals surface area contributed by atoms with Gasteiger partial charge in [-0.15, -0.1) is 0 Å². The van der Waals surface area contributed by atoms with Crippen LogP contribution in [0.1, 0.15) is 23.6 Å². The SMILES string of the molecule is COc1cc(Cl)c(C)cc1NC(=O)C(C)Oc1ccc(C)cc1C. The molecule has 1 atom stereocenters. The maximum absolute atomic E-state index is 12.4. The Balaban J connectivity index is 2.13. The number of halogens is 1. The van der Waals surface area contributed by atoms with Gasteiger partial charge in [-0.25, -0.2) is 0 Å². The molecule has 0 aliphatic heterocycles. The van der Waals surface area contributed by atoms with E-state index >= 15 is 0 Å². The summed E-state index contributed by atoms with van der Waals surface area (Å²) in [5, 5.41) is 3.42. The van der Waals surface area contributed by atoms with Crippen LogP contribution < -0.4 is 14.8 Å². The van der Waals surface area contributed by atoms with E-state index in [4.69, 9.17) is 21.1 Å². The van der Waals surface area contributed by atoms with Gasteiger partial charge in [0.25, 0.3) is 5.91 Å². The van der Waals surface area contributed by atoms with Crippen molar-refractivity contribution in [2.75, 3.05) is 12.4 Å². The molecule has 2 rings (SSSR count). The van der Waals surface area contributed by atoms with Gasteiger partial charge in [0.05, 0.1) is 12.8 Å². The lowest BCUT2D eigenvalue weighted by molar-refractivity contribution is -0.122. The molecule has 0 saturated carbocycles. The fourth-order valence-corrected chi connectivity index (χ4v) is 2.49. The van der Waals surface area contributed by atoms with E-state index in [1.165, 1.54) is 7.11 Å². The predicted molar refractivity (Wildman–Crippen MR) is 97.4 cm³/mol. The standard InChI is InChI=1S/C19H22ClNO3/c1-11-6-7-17(13(3)8-11)24-14(4)19(22)21-16-9-12(2)15(20)10-18(16)23-5/h6-10,14H,1-5H3,(H,21,22). The Morgan fingerprint density at radius 1 is 1.08 bits per heavy atom. The van der Waals surface area contributed by atoms with Gasteiger partial charge in [0.1, 0.15) is 11.5 Å². The average Bonchev–Trinajstić information content (AvgIpc) is 2.53. The first-order valence-corrected chi connectivity index (χ1v) is 8.08. The van der Waals surface area contributed by atoms with Gasteiger partial charge < -0.3 is 14.8 Å². The molecule has 0 heterocycles. The number of hydrogen-bond acceptors (Lipinski definition) is 3. The molecule has 0 radical (unpaired) electrons. The van der Waals surface area contributed by atoms with E-state index in [2.05, 4.69) is 5.32 Å².